The van der Waals surface area contributed by atoms with Crippen molar-refractivity contribution in [2.24, 2.45) is 0 Å². The summed E-state index contributed by atoms with van der Waals surface area (Å²) in [5, 5.41) is 4.28. The minimum atomic E-state index is -4.78. The molecule has 0 aliphatic carbocycles. The van der Waals surface area contributed by atoms with Crippen molar-refractivity contribution in [3.63, 3.8) is 0 Å². The van der Waals surface area contributed by atoms with E-state index in [0.29, 0.717) is 34.9 Å². The minimum Gasteiger partial charge on any atom is -0.406 e. The molecule has 2 N–H and O–H groups in total. The number of alkyl halides is 3. The molecule has 1 atom stereocenters. The Balaban J connectivity index is 1.62. The smallest absolute Gasteiger partial charge is 0.406 e. The Kier molecular flexibility index (Phi) is 5.02. The maximum Gasteiger partial charge on any atom is 0.573 e. The highest BCUT2D eigenvalue weighted by Gasteiger charge is 2.34. The number of anilines is 2. The first-order valence-electron chi connectivity index (χ1n) is 9.20. The van der Waals surface area contributed by atoms with Crippen LogP contribution in [0.25, 0.3) is 0 Å². The third-order valence-electron chi connectivity index (χ3n) is 4.62. The van der Waals surface area contributed by atoms with E-state index in [9.17, 15) is 18.0 Å². The van der Waals surface area contributed by atoms with Gasteiger partial charge in [-0.15, -0.1) is 13.2 Å². The van der Waals surface area contributed by atoms with Gasteiger partial charge in [-0.05, 0) is 43.3 Å². The predicted octanol–water partition coefficient (Wildman–Crippen LogP) is 3.38. The van der Waals surface area contributed by atoms with Crippen LogP contribution >= 0.6 is 0 Å². The molecular formula is C21H16F3N5O2. The summed E-state index contributed by atoms with van der Waals surface area (Å²) >= 11 is 0. The molecule has 0 fully saturated rings. The summed E-state index contributed by atoms with van der Waals surface area (Å²) < 4.78 is 42.6. The van der Waals surface area contributed by atoms with Gasteiger partial charge in [-0.25, -0.2) is 4.98 Å². The fourth-order valence-electron chi connectivity index (χ4n) is 3.22. The SMILES string of the molecule is CC1CN(c2ccc(OC(F)(F)F)cc2)C(=O)c2c(C#Cc3ccc(N)nc3)cnn21. The number of carbonyl (C=O) groups excluding carboxylic acids is 1. The summed E-state index contributed by atoms with van der Waals surface area (Å²) in [5.41, 5.74) is 7.39. The maximum absolute atomic E-state index is 13.2. The van der Waals surface area contributed by atoms with Crippen LogP contribution in [0.4, 0.5) is 24.7 Å². The molecule has 0 saturated heterocycles. The Morgan fingerprint density at radius 3 is 2.52 bits per heavy atom. The number of rotatable bonds is 2. The van der Waals surface area contributed by atoms with Crippen molar-refractivity contribution in [3.8, 4) is 17.6 Å². The zero-order chi connectivity index (χ0) is 22.2. The summed E-state index contributed by atoms with van der Waals surface area (Å²) in [5.74, 6) is 5.54. The third-order valence-corrected chi connectivity index (χ3v) is 4.62. The maximum atomic E-state index is 13.2. The van der Waals surface area contributed by atoms with Gasteiger partial charge in [0, 0.05) is 24.0 Å². The lowest BCUT2D eigenvalue weighted by Crippen LogP contribution is -2.43. The second-order valence-electron chi connectivity index (χ2n) is 6.88. The highest BCUT2D eigenvalue weighted by atomic mass is 19.4. The lowest BCUT2D eigenvalue weighted by molar-refractivity contribution is -0.274. The monoisotopic (exact) mass is 427 g/mol. The predicted molar refractivity (Wildman–Crippen MR) is 106 cm³/mol. The van der Waals surface area contributed by atoms with Gasteiger partial charge >= 0.3 is 6.36 Å². The number of benzene rings is 1. The quantitative estimate of drug-likeness (QED) is 0.634. The molecule has 7 nitrogen and oxygen atoms in total. The number of aromatic nitrogens is 3. The molecule has 0 radical (unpaired) electrons. The number of nitrogen functional groups attached to an aromatic ring is 1. The van der Waals surface area contributed by atoms with Crippen molar-refractivity contribution in [1.82, 2.24) is 14.8 Å². The molecule has 2 aromatic heterocycles. The van der Waals surface area contributed by atoms with E-state index in [1.54, 1.807) is 16.8 Å². The van der Waals surface area contributed by atoms with Gasteiger partial charge in [0.2, 0.25) is 0 Å². The lowest BCUT2D eigenvalue weighted by atomic mass is 10.1. The molecule has 3 heterocycles. The van der Waals surface area contributed by atoms with Gasteiger partial charge in [-0.2, -0.15) is 5.10 Å². The Bertz CT molecular complexity index is 1170. The van der Waals surface area contributed by atoms with E-state index in [0.717, 1.165) is 0 Å². The molecule has 158 valence electrons. The molecule has 1 unspecified atom stereocenters. The largest absolute Gasteiger partial charge is 0.573 e. The molecule has 4 rings (SSSR count). The van der Waals surface area contributed by atoms with Crippen LogP contribution in [0.3, 0.4) is 0 Å². The van der Waals surface area contributed by atoms with Crippen LogP contribution in [-0.2, 0) is 0 Å². The van der Waals surface area contributed by atoms with Crippen molar-refractivity contribution in [2.45, 2.75) is 19.3 Å². The van der Waals surface area contributed by atoms with Crippen molar-refractivity contribution >= 4 is 17.4 Å². The van der Waals surface area contributed by atoms with Crippen molar-refractivity contribution < 1.29 is 22.7 Å². The first kappa shape index (κ1) is 20.3. The van der Waals surface area contributed by atoms with Gasteiger partial charge in [0.25, 0.3) is 5.91 Å². The molecule has 10 heteroatoms. The average Bonchev–Trinajstić information content (AvgIpc) is 3.15. The van der Waals surface area contributed by atoms with E-state index in [-0.39, 0.29) is 17.7 Å². The molecular weight excluding hydrogens is 411 g/mol. The van der Waals surface area contributed by atoms with Crippen LogP contribution < -0.4 is 15.4 Å². The average molecular weight is 427 g/mol. The summed E-state index contributed by atoms with van der Waals surface area (Å²) in [4.78, 5) is 18.6. The van der Waals surface area contributed by atoms with Gasteiger partial charge in [-0.3, -0.25) is 9.48 Å². The van der Waals surface area contributed by atoms with E-state index in [2.05, 4.69) is 26.7 Å². The van der Waals surface area contributed by atoms with Crippen LogP contribution in [0.15, 0.2) is 48.8 Å². The van der Waals surface area contributed by atoms with Crippen LogP contribution in [0.2, 0.25) is 0 Å². The van der Waals surface area contributed by atoms with Gasteiger partial charge in [0.15, 0.2) is 0 Å². The van der Waals surface area contributed by atoms with E-state index >= 15 is 0 Å². The number of carbonyl (C=O) groups is 1. The minimum absolute atomic E-state index is 0.160. The highest BCUT2D eigenvalue weighted by Crippen LogP contribution is 2.30. The molecule has 31 heavy (non-hydrogen) atoms. The Hall–Kier alpha value is -4.00. The molecule has 1 aliphatic heterocycles. The van der Waals surface area contributed by atoms with Crippen LogP contribution in [-0.4, -0.2) is 33.6 Å². The number of hydrogen-bond acceptors (Lipinski definition) is 5. The second kappa shape index (κ2) is 7.68. The topological polar surface area (TPSA) is 86.3 Å². The van der Waals surface area contributed by atoms with Gasteiger partial charge < -0.3 is 15.4 Å². The van der Waals surface area contributed by atoms with Crippen molar-refractivity contribution in [1.29, 1.82) is 0 Å². The van der Waals surface area contributed by atoms with Gasteiger partial charge in [0.05, 0.1) is 17.8 Å². The van der Waals surface area contributed by atoms with Crippen molar-refractivity contribution in [2.75, 3.05) is 17.2 Å². The summed E-state index contributed by atoms with van der Waals surface area (Å²) in [7, 11) is 0. The van der Waals surface area contributed by atoms with E-state index in [1.807, 2.05) is 6.92 Å². The number of nitrogens with two attached hydrogens (primary N) is 1. The first-order valence-corrected chi connectivity index (χ1v) is 9.20. The normalized spacial score (nSPS) is 15.8. The Labute approximate surface area is 175 Å². The van der Waals surface area contributed by atoms with Crippen LogP contribution in [0, 0.1) is 11.8 Å². The molecule has 0 bridgehead atoms. The molecule has 3 aromatic rings. The van der Waals surface area contributed by atoms with Crippen molar-refractivity contribution in [3.05, 3.63) is 65.6 Å². The van der Waals surface area contributed by atoms with Gasteiger partial charge in [-0.1, -0.05) is 11.8 Å². The standard InChI is InChI=1S/C21H16F3N5O2/c1-13-12-28(16-5-7-17(8-6-16)31-21(22,23)24)20(30)19-15(11-27-29(13)19)4-2-14-3-9-18(25)26-10-14/h3,5-11,13H,12H2,1H3,(H2,25,26). The van der Waals surface area contributed by atoms with Crippen LogP contribution in [0.1, 0.15) is 34.6 Å². The number of halogens is 3. The Morgan fingerprint density at radius 1 is 1.13 bits per heavy atom. The van der Waals surface area contributed by atoms with Gasteiger partial charge in [0.1, 0.15) is 17.3 Å². The number of ether oxygens (including phenoxy) is 1. The Morgan fingerprint density at radius 2 is 1.87 bits per heavy atom. The number of amides is 1. The lowest BCUT2D eigenvalue weighted by Gasteiger charge is -2.32. The van der Waals surface area contributed by atoms with E-state index in [1.165, 1.54) is 41.6 Å². The fourth-order valence-corrected chi connectivity index (χ4v) is 3.22. The van der Waals surface area contributed by atoms with E-state index in [4.69, 9.17) is 5.73 Å². The van der Waals surface area contributed by atoms with E-state index < -0.39 is 6.36 Å². The number of pyridine rings is 1. The molecule has 1 aliphatic rings. The summed E-state index contributed by atoms with van der Waals surface area (Å²) in [6.45, 7) is 2.19. The van der Waals surface area contributed by atoms with Crippen LogP contribution in [0.5, 0.6) is 5.75 Å². The zero-order valence-corrected chi connectivity index (χ0v) is 16.2. The number of nitrogens with zero attached hydrogens (tertiary/aromatic N) is 4. The number of fused-ring (bicyclic) bond motifs is 1. The zero-order valence-electron chi connectivity index (χ0n) is 16.2. The fraction of sp³-hybridized carbons (Fsp3) is 0.190. The summed E-state index contributed by atoms with van der Waals surface area (Å²) in [6.07, 6.45) is -1.73. The molecule has 1 aromatic carbocycles. The molecule has 0 saturated carbocycles. The summed E-state index contributed by atoms with van der Waals surface area (Å²) in [6, 6.07) is 8.33. The second-order valence-corrected chi connectivity index (χ2v) is 6.88. The highest BCUT2D eigenvalue weighted by molar-refractivity contribution is 6.07. The molecule has 0 spiro atoms. The molecule has 1 amide bonds. The first-order chi connectivity index (χ1) is 14.7. The third kappa shape index (κ3) is 4.30. The number of hydrogen-bond donors (Lipinski definition) is 1.